The summed E-state index contributed by atoms with van der Waals surface area (Å²) in [5.41, 5.74) is 0.568. The second-order valence-corrected chi connectivity index (χ2v) is 6.05. The smallest absolute Gasteiger partial charge is 0.232 e. The normalized spacial score (nSPS) is 14.6. The fourth-order valence-electron chi connectivity index (χ4n) is 2.82. The van der Waals surface area contributed by atoms with Gasteiger partial charge in [0, 0.05) is 32.7 Å². The summed E-state index contributed by atoms with van der Waals surface area (Å²) in [6.45, 7) is 4.90. The molecule has 1 heterocycles. The minimum absolute atomic E-state index is 0.105. The molecule has 0 atom stereocenters. The van der Waals surface area contributed by atoms with Crippen LogP contribution in [0.15, 0.2) is 24.3 Å². The van der Waals surface area contributed by atoms with E-state index in [0.717, 1.165) is 19.3 Å². The van der Waals surface area contributed by atoms with Gasteiger partial charge in [-0.15, -0.1) is 0 Å². The predicted octanol–water partition coefficient (Wildman–Crippen LogP) is 2.17. The van der Waals surface area contributed by atoms with Crippen molar-refractivity contribution in [2.75, 3.05) is 37.6 Å². The van der Waals surface area contributed by atoms with Crippen molar-refractivity contribution in [3.8, 4) is 0 Å². The third-order valence-electron chi connectivity index (χ3n) is 4.24. The summed E-state index contributed by atoms with van der Waals surface area (Å²) in [6.07, 6.45) is 3.01. The Morgan fingerprint density at radius 2 is 1.83 bits per heavy atom. The van der Waals surface area contributed by atoms with Crippen LogP contribution in [0.1, 0.15) is 32.6 Å². The van der Waals surface area contributed by atoms with E-state index < -0.39 is 0 Å². The molecule has 1 fully saturated rings. The number of rotatable bonds is 7. The highest BCUT2D eigenvalue weighted by Crippen LogP contribution is 2.20. The summed E-state index contributed by atoms with van der Waals surface area (Å²) in [6, 6.07) is 6.66. The maximum atomic E-state index is 13.8. The molecule has 2 amide bonds. The van der Waals surface area contributed by atoms with Gasteiger partial charge in [0.25, 0.3) is 0 Å². The van der Waals surface area contributed by atoms with E-state index in [1.165, 1.54) is 6.07 Å². The van der Waals surface area contributed by atoms with E-state index >= 15 is 0 Å². The fourth-order valence-corrected chi connectivity index (χ4v) is 2.82. The summed E-state index contributed by atoms with van der Waals surface area (Å²) >= 11 is 0. The van der Waals surface area contributed by atoms with Gasteiger partial charge in [-0.25, -0.2) is 4.39 Å². The van der Waals surface area contributed by atoms with Crippen LogP contribution in [0.4, 0.5) is 10.1 Å². The molecule has 0 spiro atoms. The second-order valence-electron chi connectivity index (χ2n) is 6.05. The topological polar surface area (TPSA) is 52.7 Å². The maximum Gasteiger partial charge on any atom is 0.232 e. The molecule has 6 heteroatoms. The Hall–Kier alpha value is -2.11. The number of carbonyl (C=O) groups is 2. The minimum Gasteiger partial charge on any atom is -0.366 e. The molecule has 0 aliphatic carbocycles. The van der Waals surface area contributed by atoms with Gasteiger partial charge >= 0.3 is 0 Å². The molecule has 0 aromatic heterocycles. The summed E-state index contributed by atoms with van der Waals surface area (Å²) in [5, 5.41) is 2.78. The third-order valence-corrected chi connectivity index (χ3v) is 4.24. The zero-order valence-electron chi connectivity index (χ0n) is 14.3. The van der Waals surface area contributed by atoms with Crippen molar-refractivity contribution in [1.82, 2.24) is 10.2 Å². The SMILES string of the molecule is CCCCCNC(=O)CC(=O)N1CCN(c2ccccc2F)CC1. The van der Waals surface area contributed by atoms with Crippen LogP contribution in [0.5, 0.6) is 0 Å². The fraction of sp³-hybridized carbons (Fsp3) is 0.556. The third kappa shape index (κ3) is 5.22. The monoisotopic (exact) mass is 335 g/mol. The number of anilines is 1. The van der Waals surface area contributed by atoms with Crippen molar-refractivity contribution in [3.05, 3.63) is 30.1 Å². The van der Waals surface area contributed by atoms with Crippen LogP contribution >= 0.6 is 0 Å². The van der Waals surface area contributed by atoms with Gasteiger partial charge in [0.15, 0.2) is 0 Å². The summed E-state index contributed by atoms with van der Waals surface area (Å²) in [5.74, 6) is -0.618. The van der Waals surface area contributed by atoms with E-state index in [-0.39, 0.29) is 24.1 Å². The van der Waals surface area contributed by atoms with Crippen molar-refractivity contribution in [1.29, 1.82) is 0 Å². The van der Waals surface area contributed by atoms with Gasteiger partial charge in [0.05, 0.1) is 5.69 Å². The Bertz CT molecular complexity index is 557. The molecular weight excluding hydrogens is 309 g/mol. The number of benzene rings is 1. The number of nitrogens with zero attached hydrogens (tertiary/aromatic N) is 2. The van der Waals surface area contributed by atoms with Crippen LogP contribution in [-0.2, 0) is 9.59 Å². The second kappa shape index (κ2) is 9.25. The van der Waals surface area contributed by atoms with Gasteiger partial charge < -0.3 is 15.1 Å². The number of carbonyl (C=O) groups excluding carboxylic acids is 2. The molecule has 1 saturated heterocycles. The largest absolute Gasteiger partial charge is 0.366 e. The lowest BCUT2D eigenvalue weighted by atomic mass is 10.2. The Labute approximate surface area is 142 Å². The van der Waals surface area contributed by atoms with E-state index in [0.29, 0.717) is 38.4 Å². The predicted molar refractivity (Wildman–Crippen MR) is 92.3 cm³/mol. The Morgan fingerprint density at radius 1 is 1.12 bits per heavy atom. The number of nitrogens with one attached hydrogen (secondary N) is 1. The first-order valence-electron chi connectivity index (χ1n) is 8.65. The number of hydrogen-bond donors (Lipinski definition) is 1. The summed E-state index contributed by atoms with van der Waals surface area (Å²) < 4.78 is 13.8. The lowest BCUT2D eigenvalue weighted by Gasteiger charge is -2.36. The van der Waals surface area contributed by atoms with Crippen LogP contribution in [0, 0.1) is 5.82 Å². The van der Waals surface area contributed by atoms with Gasteiger partial charge in [-0.2, -0.15) is 0 Å². The lowest BCUT2D eigenvalue weighted by Crippen LogP contribution is -2.49. The number of halogens is 1. The average molecular weight is 335 g/mol. The zero-order valence-corrected chi connectivity index (χ0v) is 14.3. The van der Waals surface area contributed by atoms with Gasteiger partial charge in [0.2, 0.25) is 11.8 Å². The zero-order chi connectivity index (χ0) is 17.4. The van der Waals surface area contributed by atoms with Crippen molar-refractivity contribution in [2.45, 2.75) is 32.6 Å². The van der Waals surface area contributed by atoms with E-state index in [2.05, 4.69) is 12.2 Å². The molecular formula is C18H26FN3O2. The van der Waals surface area contributed by atoms with Crippen molar-refractivity contribution in [2.24, 2.45) is 0 Å². The van der Waals surface area contributed by atoms with E-state index in [1.807, 2.05) is 4.90 Å². The molecule has 1 aliphatic rings. The van der Waals surface area contributed by atoms with Crippen molar-refractivity contribution >= 4 is 17.5 Å². The first-order chi connectivity index (χ1) is 11.6. The van der Waals surface area contributed by atoms with Crippen LogP contribution in [-0.4, -0.2) is 49.4 Å². The van der Waals surface area contributed by atoms with E-state index in [4.69, 9.17) is 0 Å². The highest BCUT2D eigenvalue weighted by molar-refractivity contribution is 5.96. The number of amides is 2. The molecule has 0 radical (unpaired) electrons. The van der Waals surface area contributed by atoms with E-state index in [1.54, 1.807) is 23.1 Å². The summed E-state index contributed by atoms with van der Waals surface area (Å²) in [7, 11) is 0. The van der Waals surface area contributed by atoms with Crippen LogP contribution in [0.25, 0.3) is 0 Å². The molecule has 1 N–H and O–H groups in total. The Kier molecular flexibility index (Phi) is 7.03. The van der Waals surface area contributed by atoms with Gasteiger partial charge in [-0.05, 0) is 18.6 Å². The van der Waals surface area contributed by atoms with Crippen LogP contribution in [0.2, 0.25) is 0 Å². The van der Waals surface area contributed by atoms with Crippen molar-refractivity contribution in [3.63, 3.8) is 0 Å². The molecule has 132 valence electrons. The van der Waals surface area contributed by atoms with Gasteiger partial charge in [-0.1, -0.05) is 31.9 Å². The molecule has 0 saturated carbocycles. The summed E-state index contributed by atoms with van der Waals surface area (Å²) in [4.78, 5) is 27.6. The Morgan fingerprint density at radius 3 is 2.50 bits per heavy atom. The Balaban J connectivity index is 1.74. The van der Waals surface area contributed by atoms with E-state index in [9.17, 15) is 14.0 Å². The first-order valence-corrected chi connectivity index (χ1v) is 8.65. The highest BCUT2D eigenvalue weighted by Gasteiger charge is 2.23. The molecule has 1 aromatic carbocycles. The number of para-hydroxylation sites is 1. The van der Waals surface area contributed by atoms with Crippen molar-refractivity contribution < 1.29 is 14.0 Å². The molecule has 2 rings (SSSR count). The average Bonchev–Trinajstić information content (AvgIpc) is 2.59. The molecule has 24 heavy (non-hydrogen) atoms. The molecule has 0 unspecified atom stereocenters. The number of unbranched alkanes of at least 4 members (excludes halogenated alkanes) is 2. The quantitative estimate of drug-likeness (QED) is 0.614. The maximum absolute atomic E-state index is 13.8. The lowest BCUT2D eigenvalue weighted by molar-refractivity contribution is -0.136. The first kappa shape index (κ1) is 18.2. The number of piperazine rings is 1. The van der Waals surface area contributed by atoms with Crippen LogP contribution in [0.3, 0.4) is 0 Å². The van der Waals surface area contributed by atoms with Gasteiger partial charge in [-0.3, -0.25) is 9.59 Å². The van der Waals surface area contributed by atoms with Gasteiger partial charge in [0.1, 0.15) is 12.2 Å². The minimum atomic E-state index is -0.247. The molecule has 5 nitrogen and oxygen atoms in total. The molecule has 0 bridgehead atoms. The highest BCUT2D eigenvalue weighted by atomic mass is 19.1. The van der Waals surface area contributed by atoms with Crippen LogP contribution < -0.4 is 10.2 Å². The number of hydrogen-bond acceptors (Lipinski definition) is 3. The standard InChI is InChI=1S/C18H26FN3O2/c1-2-3-6-9-20-17(23)14-18(24)22-12-10-21(11-13-22)16-8-5-4-7-15(16)19/h4-5,7-8H,2-3,6,9-14H2,1H3,(H,20,23). The molecule has 1 aromatic rings. The molecule has 1 aliphatic heterocycles.